The molecule has 0 spiro atoms. The lowest BCUT2D eigenvalue weighted by atomic mass is 10.1. The van der Waals surface area contributed by atoms with Crippen LogP contribution in [0.5, 0.6) is 0 Å². The van der Waals surface area contributed by atoms with Gasteiger partial charge in [-0.15, -0.1) is 24.0 Å². The minimum absolute atomic E-state index is 0. The Labute approximate surface area is 115 Å². The number of aliphatic imine (C=N–C) groups is 1. The maximum atomic E-state index is 5.68. The van der Waals surface area contributed by atoms with Gasteiger partial charge in [0.1, 0.15) is 0 Å². The second kappa shape index (κ2) is 7.32. The van der Waals surface area contributed by atoms with E-state index in [0.717, 1.165) is 38.6 Å². The number of rotatable bonds is 3. The molecule has 1 N–H and O–H groups in total. The fourth-order valence-corrected chi connectivity index (χ4v) is 2.10. The molecule has 0 saturated carbocycles. The predicted molar refractivity (Wildman–Crippen MR) is 76.6 cm³/mol. The largest absolute Gasteiger partial charge is 0.378 e. The summed E-state index contributed by atoms with van der Waals surface area (Å²) in [6.45, 7) is 3.90. The maximum Gasteiger partial charge on any atom is 0.193 e. The Balaban J connectivity index is 0.00000128. The molecular formula is C11H22IN3O. The van der Waals surface area contributed by atoms with Gasteiger partial charge in [0, 0.05) is 26.7 Å². The van der Waals surface area contributed by atoms with Gasteiger partial charge in [-0.25, -0.2) is 0 Å². The summed E-state index contributed by atoms with van der Waals surface area (Å²) in [7, 11) is 2.08. The van der Waals surface area contributed by atoms with Crippen molar-refractivity contribution in [2.24, 2.45) is 4.99 Å². The highest BCUT2D eigenvalue weighted by atomic mass is 127. The van der Waals surface area contributed by atoms with Gasteiger partial charge in [-0.3, -0.25) is 4.99 Å². The zero-order valence-electron chi connectivity index (χ0n) is 9.95. The van der Waals surface area contributed by atoms with Crippen LogP contribution in [0.4, 0.5) is 0 Å². The fourth-order valence-electron chi connectivity index (χ4n) is 2.10. The lowest BCUT2D eigenvalue weighted by molar-refractivity contribution is 0.0121. The highest BCUT2D eigenvalue weighted by Gasteiger charge is 2.15. The van der Waals surface area contributed by atoms with Crippen LogP contribution < -0.4 is 5.32 Å². The van der Waals surface area contributed by atoms with Gasteiger partial charge in [0.15, 0.2) is 5.96 Å². The van der Waals surface area contributed by atoms with Gasteiger partial charge in [-0.05, 0) is 25.7 Å². The molecule has 2 heterocycles. The molecule has 0 aromatic carbocycles. The minimum Gasteiger partial charge on any atom is -0.378 e. The molecule has 2 rings (SSSR count). The van der Waals surface area contributed by atoms with Crippen molar-refractivity contribution in [2.75, 3.05) is 33.3 Å². The second-order valence-corrected chi connectivity index (χ2v) is 4.33. The van der Waals surface area contributed by atoms with E-state index in [-0.39, 0.29) is 24.0 Å². The normalized spacial score (nSPS) is 24.9. The molecule has 1 saturated heterocycles. The summed E-state index contributed by atoms with van der Waals surface area (Å²) in [6, 6.07) is 0. The van der Waals surface area contributed by atoms with Crippen molar-refractivity contribution in [3.8, 4) is 0 Å². The molecule has 0 bridgehead atoms. The van der Waals surface area contributed by atoms with Crippen molar-refractivity contribution in [2.45, 2.75) is 31.8 Å². The molecule has 1 atom stereocenters. The summed E-state index contributed by atoms with van der Waals surface area (Å²) in [5.41, 5.74) is 0. The van der Waals surface area contributed by atoms with Crippen LogP contribution in [0.1, 0.15) is 25.7 Å². The third kappa shape index (κ3) is 4.08. The molecule has 1 unspecified atom stereocenters. The first-order valence-electron chi connectivity index (χ1n) is 5.97. The van der Waals surface area contributed by atoms with Gasteiger partial charge >= 0.3 is 0 Å². The van der Waals surface area contributed by atoms with Crippen LogP contribution in [-0.2, 0) is 4.74 Å². The van der Waals surface area contributed by atoms with E-state index in [1.165, 1.54) is 19.3 Å². The lowest BCUT2D eigenvalue weighted by Gasteiger charge is -2.23. The van der Waals surface area contributed by atoms with Crippen LogP contribution in [0.3, 0.4) is 0 Å². The zero-order chi connectivity index (χ0) is 10.5. The Hall–Kier alpha value is -0.0400. The maximum absolute atomic E-state index is 5.68. The summed E-state index contributed by atoms with van der Waals surface area (Å²) >= 11 is 0. The Kier molecular flexibility index (Phi) is 6.41. The van der Waals surface area contributed by atoms with Gasteiger partial charge in [-0.2, -0.15) is 0 Å². The van der Waals surface area contributed by atoms with Crippen molar-refractivity contribution in [3.05, 3.63) is 0 Å². The third-order valence-electron chi connectivity index (χ3n) is 3.08. The Bertz CT molecular complexity index is 229. The number of nitrogens with one attached hydrogen (secondary N) is 1. The van der Waals surface area contributed by atoms with Crippen molar-refractivity contribution < 1.29 is 4.74 Å². The number of ether oxygens (including phenoxy) is 1. The van der Waals surface area contributed by atoms with E-state index in [2.05, 4.69) is 22.3 Å². The van der Waals surface area contributed by atoms with E-state index in [4.69, 9.17) is 4.74 Å². The van der Waals surface area contributed by atoms with Crippen molar-refractivity contribution >= 4 is 29.9 Å². The topological polar surface area (TPSA) is 36.9 Å². The summed E-state index contributed by atoms with van der Waals surface area (Å²) in [5.74, 6) is 1.05. The molecule has 0 aromatic heterocycles. The monoisotopic (exact) mass is 339 g/mol. The van der Waals surface area contributed by atoms with Gasteiger partial charge in [0.05, 0.1) is 12.6 Å². The summed E-state index contributed by atoms with van der Waals surface area (Å²) in [4.78, 5) is 6.56. The highest BCUT2D eigenvalue weighted by Crippen LogP contribution is 2.14. The van der Waals surface area contributed by atoms with Crippen LogP contribution in [-0.4, -0.2) is 50.3 Å². The molecule has 1 fully saturated rings. The van der Waals surface area contributed by atoms with E-state index >= 15 is 0 Å². The summed E-state index contributed by atoms with van der Waals surface area (Å²) < 4.78 is 5.68. The van der Waals surface area contributed by atoms with E-state index in [1.54, 1.807) is 0 Å². The number of hydrogen-bond donors (Lipinski definition) is 1. The zero-order valence-corrected chi connectivity index (χ0v) is 12.3. The quantitative estimate of drug-likeness (QED) is 0.791. The fraction of sp³-hybridized carbons (Fsp3) is 0.909. The molecular weight excluding hydrogens is 317 g/mol. The van der Waals surface area contributed by atoms with Crippen molar-refractivity contribution in [1.29, 1.82) is 0 Å². The van der Waals surface area contributed by atoms with Gasteiger partial charge in [-0.1, -0.05) is 0 Å². The van der Waals surface area contributed by atoms with Crippen LogP contribution >= 0.6 is 24.0 Å². The number of guanidine groups is 1. The first-order valence-corrected chi connectivity index (χ1v) is 5.97. The van der Waals surface area contributed by atoms with Crippen molar-refractivity contribution in [3.63, 3.8) is 0 Å². The molecule has 94 valence electrons. The molecule has 5 heteroatoms. The molecule has 4 nitrogen and oxygen atoms in total. The Morgan fingerprint density at radius 2 is 2.38 bits per heavy atom. The smallest absolute Gasteiger partial charge is 0.193 e. The van der Waals surface area contributed by atoms with Crippen molar-refractivity contribution in [1.82, 2.24) is 10.2 Å². The summed E-state index contributed by atoms with van der Waals surface area (Å²) in [6.07, 6.45) is 5.36. The first-order chi connectivity index (χ1) is 7.36. The van der Waals surface area contributed by atoms with Crippen LogP contribution in [0, 0.1) is 0 Å². The average molecular weight is 339 g/mol. The molecule has 0 radical (unpaired) electrons. The van der Waals surface area contributed by atoms with Gasteiger partial charge < -0.3 is 15.0 Å². The SMILES string of the molecule is CN1CCN=C1NCCC1CCCCO1.I. The van der Waals surface area contributed by atoms with E-state index < -0.39 is 0 Å². The molecule has 0 amide bonds. The minimum atomic E-state index is 0. The third-order valence-corrected chi connectivity index (χ3v) is 3.08. The molecule has 2 aliphatic rings. The Morgan fingerprint density at radius 1 is 1.50 bits per heavy atom. The number of nitrogens with zero attached hydrogens (tertiary/aromatic N) is 2. The van der Waals surface area contributed by atoms with Crippen LogP contribution in [0.2, 0.25) is 0 Å². The Morgan fingerprint density at radius 3 is 3.00 bits per heavy atom. The molecule has 2 aliphatic heterocycles. The van der Waals surface area contributed by atoms with E-state index in [9.17, 15) is 0 Å². The molecule has 16 heavy (non-hydrogen) atoms. The molecule has 0 aromatic rings. The van der Waals surface area contributed by atoms with Gasteiger partial charge in [0.25, 0.3) is 0 Å². The van der Waals surface area contributed by atoms with Crippen LogP contribution in [0.25, 0.3) is 0 Å². The predicted octanol–water partition coefficient (Wildman–Crippen LogP) is 1.45. The highest BCUT2D eigenvalue weighted by molar-refractivity contribution is 14.0. The molecule has 0 aliphatic carbocycles. The standard InChI is InChI=1S/C11H21N3O.HI/c1-14-8-7-13-11(14)12-6-5-10-4-2-3-9-15-10;/h10H,2-9H2,1H3,(H,12,13);1H. The number of hydrogen-bond acceptors (Lipinski definition) is 4. The first kappa shape index (κ1) is 14.0. The number of halogens is 1. The summed E-state index contributed by atoms with van der Waals surface area (Å²) in [5, 5.41) is 3.37. The van der Waals surface area contributed by atoms with E-state index in [1.807, 2.05) is 0 Å². The van der Waals surface area contributed by atoms with E-state index in [0.29, 0.717) is 6.10 Å². The average Bonchev–Trinajstić information content (AvgIpc) is 2.66. The number of likely N-dealkylation sites (N-methyl/N-ethyl adjacent to an activating group) is 1. The lowest BCUT2D eigenvalue weighted by Crippen LogP contribution is -2.37. The van der Waals surface area contributed by atoms with Crippen LogP contribution in [0.15, 0.2) is 4.99 Å². The van der Waals surface area contributed by atoms with Gasteiger partial charge in [0.2, 0.25) is 0 Å². The second-order valence-electron chi connectivity index (χ2n) is 4.33.